The molecule has 0 bridgehead atoms. The first-order chi connectivity index (χ1) is 11.4. The second kappa shape index (κ2) is 6.36. The Morgan fingerprint density at radius 3 is 2.71 bits per heavy atom. The summed E-state index contributed by atoms with van der Waals surface area (Å²) in [6.07, 6.45) is 3.25. The summed E-state index contributed by atoms with van der Waals surface area (Å²) in [6, 6.07) is 0. The maximum absolute atomic E-state index is 12.8. The van der Waals surface area contributed by atoms with Crippen molar-refractivity contribution in [3.05, 3.63) is 23.8 Å². The van der Waals surface area contributed by atoms with Gasteiger partial charge in [-0.1, -0.05) is 0 Å². The predicted octanol–water partition coefficient (Wildman–Crippen LogP) is 0.667. The standard InChI is InChI=1S/C14H19N5O4S/c1-9-14(10(2)18-17-9)24(20,21)19-5-4-11(8-19)23-13-7-15-6-12(16-13)22-3/h6-7,11H,4-5,8H2,1-3H3,(H,17,18). The third kappa shape index (κ3) is 3.06. The molecule has 0 radical (unpaired) electrons. The number of aromatic amines is 1. The van der Waals surface area contributed by atoms with Crippen LogP contribution in [0.3, 0.4) is 0 Å². The molecular weight excluding hydrogens is 334 g/mol. The summed E-state index contributed by atoms with van der Waals surface area (Å²) in [5.41, 5.74) is 1.01. The van der Waals surface area contributed by atoms with Crippen molar-refractivity contribution in [2.24, 2.45) is 0 Å². The number of aryl methyl sites for hydroxylation is 2. The van der Waals surface area contributed by atoms with Crippen LogP contribution in [0.5, 0.6) is 11.8 Å². The quantitative estimate of drug-likeness (QED) is 0.841. The molecule has 1 fully saturated rings. The van der Waals surface area contributed by atoms with E-state index in [1.165, 1.54) is 23.8 Å². The number of ether oxygens (including phenoxy) is 2. The number of rotatable bonds is 5. The molecular formula is C14H19N5O4S. The van der Waals surface area contributed by atoms with Crippen LogP contribution in [0.15, 0.2) is 17.3 Å². The first-order valence-corrected chi connectivity index (χ1v) is 8.90. The van der Waals surface area contributed by atoms with Gasteiger partial charge in [-0.15, -0.1) is 0 Å². The smallest absolute Gasteiger partial charge is 0.246 e. The third-order valence-corrected chi connectivity index (χ3v) is 5.98. The fourth-order valence-electron chi connectivity index (χ4n) is 2.72. The number of hydrogen-bond donors (Lipinski definition) is 1. The molecule has 0 saturated carbocycles. The Morgan fingerprint density at radius 1 is 1.29 bits per heavy atom. The van der Waals surface area contributed by atoms with Crippen LogP contribution < -0.4 is 9.47 Å². The first-order valence-electron chi connectivity index (χ1n) is 7.46. The van der Waals surface area contributed by atoms with Crippen molar-refractivity contribution in [1.29, 1.82) is 0 Å². The van der Waals surface area contributed by atoms with Crippen LogP contribution >= 0.6 is 0 Å². The Balaban J connectivity index is 1.73. The highest BCUT2D eigenvalue weighted by Gasteiger charge is 2.36. The lowest BCUT2D eigenvalue weighted by atomic mass is 10.3. The second-order valence-electron chi connectivity index (χ2n) is 5.55. The monoisotopic (exact) mass is 353 g/mol. The number of H-pyrrole nitrogens is 1. The molecule has 9 nitrogen and oxygen atoms in total. The van der Waals surface area contributed by atoms with Gasteiger partial charge in [0.2, 0.25) is 21.8 Å². The highest BCUT2D eigenvalue weighted by Crippen LogP contribution is 2.26. The van der Waals surface area contributed by atoms with Crippen molar-refractivity contribution in [2.75, 3.05) is 20.2 Å². The first kappa shape index (κ1) is 16.7. The van der Waals surface area contributed by atoms with Gasteiger partial charge >= 0.3 is 0 Å². The van der Waals surface area contributed by atoms with E-state index in [2.05, 4.69) is 20.2 Å². The van der Waals surface area contributed by atoms with Gasteiger partial charge in [0.15, 0.2) is 0 Å². The lowest BCUT2D eigenvalue weighted by molar-refractivity contribution is 0.203. The molecule has 0 aliphatic carbocycles. The lowest BCUT2D eigenvalue weighted by Crippen LogP contribution is -2.31. The highest BCUT2D eigenvalue weighted by molar-refractivity contribution is 7.89. The van der Waals surface area contributed by atoms with Crippen molar-refractivity contribution in [1.82, 2.24) is 24.5 Å². The highest BCUT2D eigenvalue weighted by atomic mass is 32.2. The number of nitrogens with zero attached hydrogens (tertiary/aromatic N) is 4. The van der Waals surface area contributed by atoms with Crippen molar-refractivity contribution in [2.45, 2.75) is 31.3 Å². The van der Waals surface area contributed by atoms with E-state index in [0.717, 1.165) is 0 Å². The van der Waals surface area contributed by atoms with E-state index in [-0.39, 0.29) is 17.5 Å². The van der Waals surface area contributed by atoms with E-state index >= 15 is 0 Å². The Bertz CT molecular complexity index is 816. The minimum atomic E-state index is -3.60. The predicted molar refractivity (Wildman–Crippen MR) is 84.4 cm³/mol. The number of aromatic nitrogens is 4. The molecule has 1 unspecified atom stereocenters. The van der Waals surface area contributed by atoms with Crippen LogP contribution in [0.25, 0.3) is 0 Å². The second-order valence-corrected chi connectivity index (χ2v) is 7.43. The molecule has 1 aliphatic heterocycles. The number of hydrogen-bond acceptors (Lipinski definition) is 7. The lowest BCUT2D eigenvalue weighted by Gasteiger charge is -2.17. The third-order valence-electron chi connectivity index (χ3n) is 3.85. The normalized spacial score (nSPS) is 18.7. The molecule has 0 amide bonds. The van der Waals surface area contributed by atoms with E-state index < -0.39 is 10.0 Å². The zero-order valence-corrected chi connectivity index (χ0v) is 14.5. The Labute approximate surface area is 140 Å². The van der Waals surface area contributed by atoms with Crippen LogP contribution in [0.2, 0.25) is 0 Å². The zero-order valence-electron chi connectivity index (χ0n) is 13.7. The van der Waals surface area contributed by atoms with E-state index in [9.17, 15) is 8.42 Å². The Hall–Kier alpha value is -2.20. The van der Waals surface area contributed by atoms with Crippen molar-refractivity contribution < 1.29 is 17.9 Å². The molecule has 2 aromatic rings. The SMILES string of the molecule is COc1cncc(OC2CCN(S(=O)(=O)c3c(C)n[nH]c3C)C2)n1. The summed E-state index contributed by atoms with van der Waals surface area (Å²) in [7, 11) is -2.10. The van der Waals surface area contributed by atoms with Crippen LogP contribution in [0.1, 0.15) is 17.8 Å². The van der Waals surface area contributed by atoms with Gasteiger partial charge in [-0.25, -0.2) is 8.42 Å². The molecule has 3 rings (SSSR count). The fourth-order valence-corrected chi connectivity index (χ4v) is 4.54. The molecule has 130 valence electrons. The van der Waals surface area contributed by atoms with Crippen LogP contribution in [-0.2, 0) is 10.0 Å². The molecule has 1 saturated heterocycles. The van der Waals surface area contributed by atoms with E-state index in [0.29, 0.717) is 36.1 Å². The summed E-state index contributed by atoms with van der Waals surface area (Å²) in [4.78, 5) is 8.34. The van der Waals surface area contributed by atoms with Crippen LogP contribution in [0.4, 0.5) is 0 Å². The van der Waals surface area contributed by atoms with Gasteiger partial charge in [0, 0.05) is 6.54 Å². The van der Waals surface area contributed by atoms with Crippen molar-refractivity contribution in [3.63, 3.8) is 0 Å². The molecule has 1 aliphatic rings. The maximum Gasteiger partial charge on any atom is 0.246 e. The van der Waals surface area contributed by atoms with Gasteiger partial charge < -0.3 is 9.47 Å². The summed E-state index contributed by atoms with van der Waals surface area (Å²) in [5, 5.41) is 6.68. The summed E-state index contributed by atoms with van der Waals surface area (Å²) in [6.45, 7) is 4.01. The summed E-state index contributed by atoms with van der Waals surface area (Å²) < 4.78 is 37.7. The molecule has 3 heterocycles. The largest absolute Gasteiger partial charge is 0.480 e. The van der Waals surface area contributed by atoms with Gasteiger partial charge in [-0.2, -0.15) is 14.4 Å². The fraction of sp³-hybridized carbons (Fsp3) is 0.500. The molecule has 2 aromatic heterocycles. The minimum Gasteiger partial charge on any atom is -0.480 e. The summed E-state index contributed by atoms with van der Waals surface area (Å²) in [5.74, 6) is 0.661. The van der Waals surface area contributed by atoms with Gasteiger partial charge in [-0.3, -0.25) is 10.1 Å². The number of methoxy groups -OCH3 is 1. The van der Waals surface area contributed by atoms with E-state index in [1.807, 2.05) is 0 Å². The summed E-state index contributed by atoms with van der Waals surface area (Å²) >= 11 is 0. The molecule has 1 N–H and O–H groups in total. The van der Waals surface area contributed by atoms with Crippen molar-refractivity contribution in [3.8, 4) is 11.8 Å². The maximum atomic E-state index is 12.8. The number of sulfonamides is 1. The molecule has 24 heavy (non-hydrogen) atoms. The van der Waals surface area contributed by atoms with Crippen LogP contribution in [0, 0.1) is 13.8 Å². The van der Waals surface area contributed by atoms with Gasteiger partial charge in [0.1, 0.15) is 11.0 Å². The van der Waals surface area contributed by atoms with Gasteiger partial charge in [0.05, 0.1) is 37.4 Å². The molecule has 10 heteroatoms. The topological polar surface area (TPSA) is 110 Å². The Kier molecular flexibility index (Phi) is 4.41. The molecule has 0 spiro atoms. The average molecular weight is 353 g/mol. The van der Waals surface area contributed by atoms with Crippen molar-refractivity contribution >= 4 is 10.0 Å². The van der Waals surface area contributed by atoms with Gasteiger partial charge in [0.25, 0.3) is 0 Å². The minimum absolute atomic E-state index is 0.240. The average Bonchev–Trinajstić information content (AvgIpc) is 3.15. The number of nitrogens with one attached hydrogen (secondary N) is 1. The molecule has 0 aromatic carbocycles. The van der Waals surface area contributed by atoms with Crippen LogP contribution in [-0.4, -0.2) is 59.2 Å². The van der Waals surface area contributed by atoms with E-state index in [1.54, 1.807) is 13.8 Å². The molecule has 1 atom stereocenters. The Morgan fingerprint density at radius 2 is 2.04 bits per heavy atom. The van der Waals surface area contributed by atoms with Gasteiger partial charge in [-0.05, 0) is 20.3 Å². The zero-order chi connectivity index (χ0) is 17.3. The van der Waals surface area contributed by atoms with E-state index in [4.69, 9.17) is 9.47 Å².